The molecular formula is C10H10BrNO4. The van der Waals surface area contributed by atoms with Crippen LogP contribution in [-0.4, -0.2) is 19.0 Å². The SMILES string of the molecule is COC(=O)/C(=C\c1ccc(Br)o1)NC(C)=O. The molecule has 0 aromatic carbocycles. The van der Waals surface area contributed by atoms with Gasteiger partial charge in [-0.05, 0) is 28.1 Å². The predicted octanol–water partition coefficient (Wildman–Crippen LogP) is 1.69. The summed E-state index contributed by atoms with van der Waals surface area (Å²) in [6, 6.07) is 3.32. The van der Waals surface area contributed by atoms with Crippen molar-refractivity contribution >= 4 is 33.9 Å². The van der Waals surface area contributed by atoms with E-state index in [1.807, 2.05) is 0 Å². The number of nitrogens with one attached hydrogen (secondary N) is 1. The molecule has 6 heteroatoms. The Balaban J connectivity index is 2.95. The van der Waals surface area contributed by atoms with E-state index < -0.39 is 5.97 Å². The van der Waals surface area contributed by atoms with Gasteiger partial charge in [0, 0.05) is 13.0 Å². The molecule has 0 aliphatic carbocycles. The molecule has 1 rings (SSSR count). The fourth-order valence-electron chi connectivity index (χ4n) is 0.994. The predicted molar refractivity (Wildman–Crippen MR) is 60.2 cm³/mol. The van der Waals surface area contributed by atoms with Gasteiger partial charge in [0.1, 0.15) is 11.5 Å². The molecule has 0 aliphatic heterocycles. The summed E-state index contributed by atoms with van der Waals surface area (Å²) in [4.78, 5) is 22.2. The van der Waals surface area contributed by atoms with Gasteiger partial charge in [0.25, 0.3) is 0 Å². The van der Waals surface area contributed by atoms with Crippen LogP contribution in [0.2, 0.25) is 0 Å². The smallest absolute Gasteiger partial charge is 0.354 e. The van der Waals surface area contributed by atoms with Gasteiger partial charge in [-0.25, -0.2) is 4.79 Å². The van der Waals surface area contributed by atoms with Crippen LogP contribution in [0.15, 0.2) is 26.9 Å². The molecule has 5 nitrogen and oxygen atoms in total. The number of furan rings is 1. The Morgan fingerprint density at radius 1 is 1.50 bits per heavy atom. The summed E-state index contributed by atoms with van der Waals surface area (Å²) in [7, 11) is 1.23. The zero-order valence-electron chi connectivity index (χ0n) is 8.74. The van der Waals surface area contributed by atoms with Gasteiger partial charge >= 0.3 is 5.97 Å². The van der Waals surface area contributed by atoms with E-state index in [-0.39, 0.29) is 11.6 Å². The second-order valence-electron chi connectivity index (χ2n) is 2.87. The van der Waals surface area contributed by atoms with Crippen LogP contribution in [-0.2, 0) is 14.3 Å². The van der Waals surface area contributed by atoms with Crippen molar-refractivity contribution in [3.63, 3.8) is 0 Å². The van der Waals surface area contributed by atoms with Gasteiger partial charge in [0.15, 0.2) is 4.67 Å². The molecule has 0 unspecified atom stereocenters. The van der Waals surface area contributed by atoms with Gasteiger partial charge in [-0.2, -0.15) is 0 Å². The van der Waals surface area contributed by atoms with Crippen LogP contribution in [0, 0.1) is 0 Å². The van der Waals surface area contributed by atoms with Crippen molar-refractivity contribution in [1.82, 2.24) is 5.32 Å². The van der Waals surface area contributed by atoms with Gasteiger partial charge < -0.3 is 14.5 Å². The number of hydrogen-bond acceptors (Lipinski definition) is 4. The van der Waals surface area contributed by atoms with Crippen molar-refractivity contribution < 1.29 is 18.7 Å². The Kier molecular flexibility index (Phi) is 4.30. The molecule has 0 fully saturated rings. The second-order valence-corrected chi connectivity index (χ2v) is 3.65. The maximum absolute atomic E-state index is 11.3. The molecule has 1 N–H and O–H groups in total. The molecule has 0 aliphatic rings. The van der Waals surface area contributed by atoms with Crippen molar-refractivity contribution in [3.8, 4) is 0 Å². The highest BCUT2D eigenvalue weighted by Gasteiger charge is 2.12. The van der Waals surface area contributed by atoms with E-state index in [1.54, 1.807) is 12.1 Å². The lowest BCUT2D eigenvalue weighted by Crippen LogP contribution is -2.25. The zero-order valence-corrected chi connectivity index (χ0v) is 10.3. The molecule has 16 heavy (non-hydrogen) atoms. The van der Waals surface area contributed by atoms with Gasteiger partial charge in [-0.1, -0.05) is 0 Å². The third kappa shape index (κ3) is 3.54. The number of ether oxygens (including phenoxy) is 1. The number of amides is 1. The summed E-state index contributed by atoms with van der Waals surface area (Å²) in [5.74, 6) is -0.564. The molecule has 0 saturated carbocycles. The molecule has 0 radical (unpaired) electrons. The summed E-state index contributed by atoms with van der Waals surface area (Å²) in [5.41, 5.74) is 0.0249. The number of halogens is 1. The van der Waals surface area contributed by atoms with E-state index in [1.165, 1.54) is 20.1 Å². The topological polar surface area (TPSA) is 68.5 Å². The Morgan fingerprint density at radius 3 is 2.62 bits per heavy atom. The molecule has 1 aromatic heterocycles. The lowest BCUT2D eigenvalue weighted by atomic mass is 10.3. The fraction of sp³-hybridized carbons (Fsp3) is 0.200. The van der Waals surface area contributed by atoms with Gasteiger partial charge in [-0.3, -0.25) is 4.79 Å². The monoisotopic (exact) mass is 287 g/mol. The highest BCUT2D eigenvalue weighted by atomic mass is 79.9. The molecule has 1 aromatic rings. The molecule has 86 valence electrons. The Hall–Kier alpha value is -1.56. The number of carbonyl (C=O) groups excluding carboxylic acids is 2. The van der Waals surface area contributed by atoms with Crippen molar-refractivity contribution in [3.05, 3.63) is 28.3 Å². The highest BCUT2D eigenvalue weighted by molar-refractivity contribution is 9.10. The van der Waals surface area contributed by atoms with Crippen LogP contribution in [0.5, 0.6) is 0 Å². The minimum Gasteiger partial charge on any atom is -0.464 e. The van der Waals surface area contributed by atoms with Crippen LogP contribution in [0.4, 0.5) is 0 Å². The molecule has 1 heterocycles. The van der Waals surface area contributed by atoms with E-state index >= 15 is 0 Å². The number of carbonyl (C=O) groups is 2. The highest BCUT2D eigenvalue weighted by Crippen LogP contribution is 2.16. The number of methoxy groups -OCH3 is 1. The number of rotatable bonds is 3. The number of esters is 1. The molecular weight excluding hydrogens is 278 g/mol. The standard InChI is InChI=1S/C10H10BrNO4/c1-6(13)12-8(10(14)15-2)5-7-3-4-9(11)16-7/h3-5H,1-2H3,(H,12,13)/b8-5+. The Bertz CT molecular complexity index is 436. The van der Waals surface area contributed by atoms with Crippen LogP contribution >= 0.6 is 15.9 Å². The minimum atomic E-state index is -0.636. The maximum Gasteiger partial charge on any atom is 0.354 e. The minimum absolute atomic E-state index is 0.0249. The summed E-state index contributed by atoms with van der Waals surface area (Å²) >= 11 is 3.13. The van der Waals surface area contributed by atoms with Crippen molar-refractivity contribution in [1.29, 1.82) is 0 Å². The van der Waals surface area contributed by atoms with E-state index in [0.29, 0.717) is 10.4 Å². The first kappa shape index (κ1) is 12.5. The molecule has 0 saturated heterocycles. The third-order valence-electron chi connectivity index (χ3n) is 1.60. The van der Waals surface area contributed by atoms with Crippen LogP contribution < -0.4 is 5.32 Å². The van der Waals surface area contributed by atoms with Crippen molar-refractivity contribution in [2.45, 2.75) is 6.92 Å². The van der Waals surface area contributed by atoms with E-state index in [0.717, 1.165) is 0 Å². The second kappa shape index (κ2) is 5.50. The van der Waals surface area contributed by atoms with Crippen molar-refractivity contribution in [2.24, 2.45) is 0 Å². The van der Waals surface area contributed by atoms with Crippen LogP contribution in [0.1, 0.15) is 12.7 Å². The summed E-state index contributed by atoms with van der Waals surface area (Å²) < 4.78 is 10.2. The molecule has 0 bridgehead atoms. The molecule has 0 spiro atoms. The fourth-order valence-corrected chi connectivity index (χ4v) is 1.31. The lowest BCUT2D eigenvalue weighted by Gasteiger charge is -2.04. The first-order chi connectivity index (χ1) is 7.52. The lowest BCUT2D eigenvalue weighted by molar-refractivity contribution is -0.137. The maximum atomic E-state index is 11.3. The molecule has 1 amide bonds. The van der Waals surface area contributed by atoms with Gasteiger partial charge in [0.2, 0.25) is 5.91 Å². The average molecular weight is 288 g/mol. The van der Waals surface area contributed by atoms with E-state index in [4.69, 9.17) is 4.42 Å². The zero-order chi connectivity index (χ0) is 12.1. The van der Waals surface area contributed by atoms with Gasteiger partial charge in [0.05, 0.1) is 7.11 Å². The van der Waals surface area contributed by atoms with E-state index in [2.05, 4.69) is 26.0 Å². The quantitative estimate of drug-likeness (QED) is 0.679. The Labute approximate surface area is 101 Å². The largest absolute Gasteiger partial charge is 0.464 e. The van der Waals surface area contributed by atoms with Crippen LogP contribution in [0.3, 0.4) is 0 Å². The van der Waals surface area contributed by atoms with E-state index in [9.17, 15) is 9.59 Å². The van der Waals surface area contributed by atoms with Crippen LogP contribution in [0.25, 0.3) is 6.08 Å². The molecule has 0 atom stereocenters. The third-order valence-corrected chi connectivity index (χ3v) is 2.02. The normalized spacial score (nSPS) is 11.1. The first-order valence-electron chi connectivity index (χ1n) is 4.36. The first-order valence-corrected chi connectivity index (χ1v) is 5.15. The van der Waals surface area contributed by atoms with Crippen molar-refractivity contribution in [2.75, 3.05) is 7.11 Å². The summed E-state index contributed by atoms with van der Waals surface area (Å²) in [6.07, 6.45) is 1.39. The summed E-state index contributed by atoms with van der Waals surface area (Å²) in [6.45, 7) is 1.30. The average Bonchev–Trinajstić information content (AvgIpc) is 2.61. The summed E-state index contributed by atoms with van der Waals surface area (Å²) in [5, 5.41) is 2.36. The van der Waals surface area contributed by atoms with Gasteiger partial charge in [-0.15, -0.1) is 0 Å². The number of hydrogen-bond donors (Lipinski definition) is 1. The Morgan fingerprint density at radius 2 is 2.19 bits per heavy atom.